The molecule has 10 heteroatoms. The van der Waals surface area contributed by atoms with Crippen molar-refractivity contribution in [2.45, 2.75) is 78.4 Å². The van der Waals surface area contributed by atoms with Crippen LogP contribution in [0.15, 0.2) is 0 Å². The average Bonchev–Trinajstić information content (AvgIpc) is 3.10. The van der Waals surface area contributed by atoms with Crippen LogP contribution in [0.25, 0.3) is 0 Å². The van der Waals surface area contributed by atoms with Gasteiger partial charge in [-0.2, -0.15) is 0 Å². The molecular formula is C25H41N5O5. The van der Waals surface area contributed by atoms with Gasteiger partial charge in [-0.3, -0.25) is 19.2 Å². The van der Waals surface area contributed by atoms with Crippen LogP contribution in [0.2, 0.25) is 0 Å². The molecule has 0 radical (unpaired) electrons. The second-order valence-corrected chi connectivity index (χ2v) is 11.9. The van der Waals surface area contributed by atoms with Crippen LogP contribution >= 0.6 is 0 Å². The molecule has 0 spiro atoms. The van der Waals surface area contributed by atoms with Crippen molar-refractivity contribution in [1.29, 1.82) is 0 Å². The molecule has 3 aliphatic rings. The van der Waals surface area contributed by atoms with E-state index in [0.29, 0.717) is 18.9 Å². The van der Waals surface area contributed by atoms with E-state index >= 15 is 0 Å². The van der Waals surface area contributed by atoms with Crippen molar-refractivity contribution in [3.63, 3.8) is 0 Å². The van der Waals surface area contributed by atoms with Crippen LogP contribution in [0.4, 0.5) is 4.79 Å². The Labute approximate surface area is 207 Å². The second-order valence-electron chi connectivity index (χ2n) is 11.9. The molecule has 2 aliphatic carbocycles. The van der Waals surface area contributed by atoms with Gasteiger partial charge in [-0.25, -0.2) is 4.79 Å². The number of Topliss-reactive ketones (excluding diaryl/α,β-unsaturated/α-hetero) is 1. The zero-order valence-corrected chi connectivity index (χ0v) is 22.0. The lowest BCUT2D eigenvalue weighted by atomic mass is 9.80. The maximum Gasteiger partial charge on any atom is 0.315 e. The highest BCUT2D eigenvalue weighted by Crippen LogP contribution is 2.65. The van der Waals surface area contributed by atoms with E-state index in [4.69, 9.17) is 0 Å². The van der Waals surface area contributed by atoms with Gasteiger partial charge in [-0.15, -0.1) is 0 Å². The fraction of sp³-hybridized carbons (Fsp3) is 0.800. The predicted molar refractivity (Wildman–Crippen MR) is 130 cm³/mol. The molecule has 1 heterocycles. The minimum Gasteiger partial charge on any atom is -0.353 e. The Kier molecular flexibility index (Phi) is 7.53. The summed E-state index contributed by atoms with van der Waals surface area (Å²) in [6.07, 6.45) is 3.43. The second kappa shape index (κ2) is 9.78. The third-order valence-electron chi connectivity index (χ3n) is 8.25. The van der Waals surface area contributed by atoms with E-state index in [2.05, 4.69) is 35.1 Å². The van der Waals surface area contributed by atoms with E-state index < -0.39 is 47.2 Å². The van der Waals surface area contributed by atoms with Gasteiger partial charge in [0.1, 0.15) is 12.1 Å². The molecule has 3 unspecified atom stereocenters. The summed E-state index contributed by atoms with van der Waals surface area (Å²) < 4.78 is 0. The molecule has 35 heavy (non-hydrogen) atoms. The Hall–Kier alpha value is -2.65. The summed E-state index contributed by atoms with van der Waals surface area (Å²) in [4.78, 5) is 65.9. The molecule has 10 nitrogen and oxygen atoms in total. The first-order valence-corrected chi connectivity index (χ1v) is 12.6. The summed E-state index contributed by atoms with van der Waals surface area (Å²) in [5, 5.41) is 10.4. The van der Waals surface area contributed by atoms with Crippen molar-refractivity contribution in [2.75, 3.05) is 20.6 Å². The number of nitrogens with one attached hydrogen (secondary N) is 4. The lowest BCUT2D eigenvalue weighted by Crippen LogP contribution is -2.61. The topological polar surface area (TPSA) is 137 Å². The molecule has 2 saturated carbocycles. The minimum atomic E-state index is -0.923. The van der Waals surface area contributed by atoms with Gasteiger partial charge < -0.3 is 26.2 Å². The van der Waals surface area contributed by atoms with Gasteiger partial charge in [-0.05, 0) is 35.0 Å². The fourth-order valence-corrected chi connectivity index (χ4v) is 5.66. The van der Waals surface area contributed by atoms with Gasteiger partial charge in [0.15, 0.2) is 0 Å². The highest BCUT2D eigenvalue weighted by molar-refractivity contribution is 6.38. The van der Waals surface area contributed by atoms with Crippen molar-refractivity contribution in [3.8, 4) is 0 Å². The number of ketones is 1. The molecule has 0 bridgehead atoms. The number of piperidine rings is 1. The first kappa shape index (κ1) is 26.9. The normalized spacial score (nSPS) is 26.5. The van der Waals surface area contributed by atoms with Crippen molar-refractivity contribution in [1.82, 2.24) is 26.2 Å². The number of fused-ring (bicyclic) bond motifs is 1. The van der Waals surface area contributed by atoms with Crippen LogP contribution in [0.5, 0.6) is 0 Å². The number of carbonyl (C=O) groups excluding carboxylic acids is 5. The molecule has 4 N–H and O–H groups in total. The summed E-state index contributed by atoms with van der Waals surface area (Å²) in [7, 11) is 2.87. The zero-order chi connectivity index (χ0) is 26.3. The van der Waals surface area contributed by atoms with E-state index in [0.717, 1.165) is 19.3 Å². The number of carbonyl (C=O) groups is 5. The number of likely N-dealkylation sites (tertiary alicyclic amines) is 1. The molecule has 5 amide bonds. The summed E-state index contributed by atoms with van der Waals surface area (Å²) in [6.45, 7) is 10.1. The smallest absolute Gasteiger partial charge is 0.315 e. The Morgan fingerprint density at radius 3 is 2.11 bits per heavy atom. The highest BCUT2D eigenvalue weighted by atomic mass is 16.2. The third kappa shape index (κ3) is 5.30. The van der Waals surface area contributed by atoms with E-state index in [1.807, 2.05) is 20.8 Å². The first-order valence-electron chi connectivity index (χ1n) is 12.6. The van der Waals surface area contributed by atoms with Crippen LogP contribution in [0, 0.1) is 28.6 Å². The summed E-state index contributed by atoms with van der Waals surface area (Å²) in [5.41, 5.74) is -0.701. The molecule has 1 saturated heterocycles. The molecule has 5 atom stereocenters. The van der Waals surface area contributed by atoms with Crippen LogP contribution in [0.1, 0.15) is 60.3 Å². The van der Waals surface area contributed by atoms with Crippen LogP contribution in [0.3, 0.4) is 0 Å². The lowest BCUT2D eigenvalue weighted by molar-refractivity contribution is -0.145. The Bertz CT molecular complexity index is 891. The number of amides is 5. The number of nitrogens with zero attached hydrogens (tertiary/aromatic N) is 1. The van der Waals surface area contributed by atoms with Crippen molar-refractivity contribution in [3.05, 3.63) is 0 Å². The standard InChI is InChI=1S/C25H41N5O5/c1-24(2,3)19(29-23(35)27-7)22(34)30-12-14-16(25(14,4)5)17(30)20(32)28-15(11-13-9-8-10-13)18(31)21(33)26-6/h13-17,19H,8-12H2,1-7H3,(H,26,33)(H,28,32)(H2,27,29,35)/t14?,15?,16?,17-,19+/m0/s1. The predicted octanol–water partition coefficient (Wildman–Crippen LogP) is 0.803. The molecule has 1 aliphatic heterocycles. The van der Waals surface area contributed by atoms with Crippen LogP contribution in [-0.2, 0) is 19.2 Å². The first-order chi connectivity index (χ1) is 16.2. The number of urea groups is 1. The maximum atomic E-state index is 13.7. The largest absolute Gasteiger partial charge is 0.353 e. The number of hydrogen-bond donors (Lipinski definition) is 4. The van der Waals surface area contributed by atoms with E-state index in [9.17, 15) is 24.0 Å². The van der Waals surface area contributed by atoms with Crippen LogP contribution in [-0.4, -0.2) is 73.2 Å². The monoisotopic (exact) mass is 491 g/mol. The van der Waals surface area contributed by atoms with Gasteiger partial charge in [-0.1, -0.05) is 53.9 Å². The molecular weight excluding hydrogens is 450 g/mol. The van der Waals surface area contributed by atoms with E-state index in [-0.39, 0.29) is 23.2 Å². The maximum absolute atomic E-state index is 13.7. The Morgan fingerprint density at radius 1 is 1.00 bits per heavy atom. The third-order valence-corrected chi connectivity index (χ3v) is 8.25. The average molecular weight is 492 g/mol. The Balaban J connectivity index is 1.84. The molecule has 0 aromatic heterocycles. The SMILES string of the molecule is CNC(=O)N[C@H](C(=O)N1CC2C([C@H]1C(=O)NC(CC1CCC1)C(=O)C(=O)NC)C2(C)C)C(C)(C)C. The van der Waals surface area contributed by atoms with Crippen molar-refractivity contribution < 1.29 is 24.0 Å². The van der Waals surface area contributed by atoms with Gasteiger partial charge in [0.05, 0.1) is 6.04 Å². The number of hydrogen-bond acceptors (Lipinski definition) is 5. The minimum absolute atomic E-state index is 0.0495. The molecule has 3 rings (SSSR count). The van der Waals surface area contributed by atoms with Gasteiger partial charge in [0.25, 0.3) is 5.91 Å². The highest BCUT2D eigenvalue weighted by Gasteiger charge is 2.69. The molecule has 3 fully saturated rings. The lowest BCUT2D eigenvalue weighted by Gasteiger charge is -2.38. The molecule has 196 valence electrons. The van der Waals surface area contributed by atoms with E-state index in [1.165, 1.54) is 14.1 Å². The summed E-state index contributed by atoms with van der Waals surface area (Å²) in [5.74, 6) is -1.73. The number of likely N-dealkylation sites (N-methyl/N-ethyl adjacent to an activating group) is 1. The Morgan fingerprint density at radius 2 is 1.63 bits per heavy atom. The quantitative estimate of drug-likeness (QED) is 0.372. The fourth-order valence-electron chi connectivity index (χ4n) is 5.66. The molecule has 0 aromatic rings. The molecule has 0 aromatic carbocycles. The van der Waals surface area contributed by atoms with Gasteiger partial charge in [0, 0.05) is 20.6 Å². The number of rotatable bonds is 8. The van der Waals surface area contributed by atoms with Gasteiger partial charge >= 0.3 is 6.03 Å². The summed E-state index contributed by atoms with van der Waals surface area (Å²) in [6, 6.07) is -2.99. The zero-order valence-electron chi connectivity index (χ0n) is 22.0. The van der Waals surface area contributed by atoms with Gasteiger partial charge in [0.2, 0.25) is 17.6 Å². The van der Waals surface area contributed by atoms with Crippen LogP contribution < -0.4 is 21.3 Å². The summed E-state index contributed by atoms with van der Waals surface area (Å²) >= 11 is 0. The van der Waals surface area contributed by atoms with Crippen molar-refractivity contribution in [2.24, 2.45) is 28.6 Å². The van der Waals surface area contributed by atoms with E-state index in [1.54, 1.807) is 4.90 Å². The van der Waals surface area contributed by atoms with Crippen molar-refractivity contribution >= 4 is 29.5 Å².